The first-order chi connectivity index (χ1) is 30.6. The van der Waals surface area contributed by atoms with Crippen LogP contribution in [-0.2, 0) is 0 Å². The third-order valence-electron chi connectivity index (χ3n) is 11.2. The van der Waals surface area contributed by atoms with Gasteiger partial charge in [-0.2, -0.15) is 0 Å². The highest BCUT2D eigenvalue weighted by Gasteiger charge is 2.25. The SMILES string of the molecule is C=C/C=C(\C=C/C)c1nc2ccccc2c2oc(-c3ccccc3)c(-c3cccc(-c4cc(-c5ccc(-c6ccccc6)cc5)nc(-c5ccc(-c6ccccc6)cc5)n4)c3)c12. The van der Waals surface area contributed by atoms with Gasteiger partial charge in [-0.15, -0.1) is 0 Å². The van der Waals surface area contributed by atoms with E-state index in [0.717, 1.165) is 100 Å². The molecule has 0 aliphatic carbocycles. The van der Waals surface area contributed by atoms with Crippen LogP contribution in [0.1, 0.15) is 12.6 Å². The summed E-state index contributed by atoms with van der Waals surface area (Å²) in [4.78, 5) is 15.8. The van der Waals surface area contributed by atoms with E-state index in [2.05, 4.69) is 158 Å². The second kappa shape index (κ2) is 16.8. The molecule has 0 saturated carbocycles. The number of allylic oxidation sites excluding steroid dienone is 5. The van der Waals surface area contributed by atoms with Crippen molar-refractivity contribution in [1.82, 2.24) is 15.0 Å². The quantitative estimate of drug-likeness (QED) is 0.129. The molecular weight excluding hydrogens is 755 g/mol. The maximum atomic E-state index is 7.04. The number of nitrogens with zero attached hydrogens (tertiary/aromatic N) is 3. The van der Waals surface area contributed by atoms with Crippen molar-refractivity contribution in [2.75, 3.05) is 0 Å². The van der Waals surface area contributed by atoms with Crippen molar-refractivity contribution in [3.05, 3.63) is 231 Å². The lowest BCUT2D eigenvalue weighted by molar-refractivity contribution is 0.635. The number of para-hydroxylation sites is 1. The molecule has 0 fully saturated rings. The van der Waals surface area contributed by atoms with Crippen molar-refractivity contribution in [3.8, 4) is 78.6 Å². The Balaban J connectivity index is 1.17. The molecule has 7 aromatic carbocycles. The van der Waals surface area contributed by atoms with Crippen LogP contribution in [0.3, 0.4) is 0 Å². The van der Waals surface area contributed by atoms with E-state index in [-0.39, 0.29) is 0 Å². The van der Waals surface area contributed by atoms with Gasteiger partial charge in [-0.25, -0.2) is 15.0 Å². The number of aromatic nitrogens is 3. The summed E-state index contributed by atoms with van der Waals surface area (Å²) in [7, 11) is 0. The lowest BCUT2D eigenvalue weighted by atomic mass is 9.93. The van der Waals surface area contributed by atoms with Gasteiger partial charge in [0, 0.05) is 38.8 Å². The molecule has 0 aliphatic rings. The first-order valence-corrected chi connectivity index (χ1v) is 20.8. The number of furan rings is 1. The molecule has 0 amide bonds. The number of benzene rings is 7. The van der Waals surface area contributed by atoms with Crippen LogP contribution in [0.2, 0.25) is 0 Å². The average molecular weight is 796 g/mol. The molecule has 3 aromatic heterocycles. The molecule has 10 rings (SSSR count). The molecule has 0 spiro atoms. The molecule has 0 saturated heterocycles. The van der Waals surface area contributed by atoms with Gasteiger partial charge in [-0.1, -0.05) is 201 Å². The van der Waals surface area contributed by atoms with Gasteiger partial charge >= 0.3 is 0 Å². The minimum Gasteiger partial charge on any atom is -0.455 e. The smallest absolute Gasteiger partial charge is 0.160 e. The third kappa shape index (κ3) is 7.35. The summed E-state index contributed by atoms with van der Waals surface area (Å²) in [6, 6.07) is 67.2. The Morgan fingerprint density at radius 3 is 1.63 bits per heavy atom. The molecule has 0 atom stereocenters. The summed E-state index contributed by atoms with van der Waals surface area (Å²) in [6.07, 6.45) is 7.93. The molecule has 0 radical (unpaired) electrons. The van der Waals surface area contributed by atoms with Crippen LogP contribution >= 0.6 is 0 Å². The molecule has 10 aromatic rings. The minimum atomic E-state index is 0.650. The highest BCUT2D eigenvalue weighted by atomic mass is 16.3. The average Bonchev–Trinajstić information content (AvgIpc) is 3.76. The van der Waals surface area contributed by atoms with Gasteiger partial charge in [0.05, 0.1) is 28.0 Å². The normalized spacial score (nSPS) is 11.7. The number of rotatable bonds is 10. The Morgan fingerprint density at radius 1 is 0.484 bits per heavy atom. The van der Waals surface area contributed by atoms with E-state index in [0.29, 0.717) is 5.82 Å². The number of pyridine rings is 1. The van der Waals surface area contributed by atoms with E-state index >= 15 is 0 Å². The maximum Gasteiger partial charge on any atom is 0.160 e. The van der Waals surface area contributed by atoms with E-state index in [1.807, 2.05) is 73.7 Å². The van der Waals surface area contributed by atoms with E-state index in [1.54, 1.807) is 0 Å². The molecule has 0 unspecified atom stereocenters. The minimum absolute atomic E-state index is 0.650. The van der Waals surface area contributed by atoms with Gasteiger partial charge in [0.15, 0.2) is 5.82 Å². The fraction of sp³-hybridized carbons (Fsp3) is 0.0172. The molecule has 0 bridgehead atoms. The summed E-state index contributed by atoms with van der Waals surface area (Å²) in [5.74, 6) is 1.42. The van der Waals surface area contributed by atoms with Crippen molar-refractivity contribution in [2.45, 2.75) is 6.92 Å². The van der Waals surface area contributed by atoms with Crippen molar-refractivity contribution >= 4 is 27.4 Å². The summed E-state index contributed by atoms with van der Waals surface area (Å²) >= 11 is 0. The Kier molecular flexibility index (Phi) is 10.3. The van der Waals surface area contributed by atoms with Crippen LogP contribution in [0.25, 0.3) is 106 Å². The zero-order chi connectivity index (χ0) is 41.8. The van der Waals surface area contributed by atoms with Gasteiger partial charge in [-0.3, -0.25) is 0 Å². The van der Waals surface area contributed by atoms with E-state index in [4.69, 9.17) is 19.4 Å². The Bertz CT molecular complexity index is 3170. The summed E-state index contributed by atoms with van der Waals surface area (Å²) in [5, 5.41) is 1.89. The van der Waals surface area contributed by atoms with Crippen LogP contribution in [-0.4, -0.2) is 15.0 Å². The largest absolute Gasteiger partial charge is 0.455 e. The van der Waals surface area contributed by atoms with Crippen LogP contribution in [0.4, 0.5) is 0 Å². The topological polar surface area (TPSA) is 51.8 Å². The summed E-state index contributed by atoms with van der Waals surface area (Å²) in [5.41, 5.74) is 15.5. The summed E-state index contributed by atoms with van der Waals surface area (Å²) in [6.45, 7) is 6.07. The molecule has 3 heterocycles. The highest BCUT2D eigenvalue weighted by molar-refractivity contribution is 6.16. The van der Waals surface area contributed by atoms with Gasteiger partial charge in [0.1, 0.15) is 11.3 Å². The van der Waals surface area contributed by atoms with Gasteiger partial charge in [0.25, 0.3) is 0 Å². The van der Waals surface area contributed by atoms with Crippen LogP contribution in [0.15, 0.2) is 229 Å². The van der Waals surface area contributed by atoms with Gasteiger partial charge in [-0.05, 0) is 59.0 Å². The van der Waals surface area contributed by atoms with Crippen molar-refractivity contribution in [3.63, 3.8) is 0 Å². The lowest BCUT2D eigenvalue weighted by Gasteiger charge is -2.13. The fourth-order valence-electron chi connectivity index (χ4n) is 8.20. The zero-order valence-electron chi connectivity index (χ0n) is 34.2. The third-order valence-corrected chi connectivity index (χ3v) is 11.2. The second-order valence-corrected chi connectivity index (χ2v) is 15.1. The first kappa shape index (κ1) is 38.0. The number of hydrogen-bond donors (Lipinski definition) is 0. The molecule has 0 N–H and O–H groups in total. The van der Waals surface area contributed by atoms with Crippen molar-refractivity contribution in [2.24, 2.45) is 0 Å². The summed E-state index contributed by atoms with van der Waals surface area (Å²) < 4.78 is 7.04. The maximum absolute atomic E-state index is 7.04. The van der Waals surface area contributed by atoms with E-state index in [9.17, 15) is 0 Å². The number of hydrogen-bond acceptors (Lipinski definition) is 4. The van der Waals surface area contributed by atoms with Crippen LogP contribution in [0, 0.1) is 0 Å². The Morgan fingerprint density at radius 2 is 1.00 bits per heavy atom. The standard InChI is InChI=1S/C58H41N3O/c1-3-17-44(18-4-2)55-54-53(56(45-23-12-7-13-24-45)62-57(54)49-27-14-15-28-50(49)59-55)48-26-16-25-47(37-48)52-38-51(43-33-29-41(30-34-43)39-19-8-5-9-20-39)60-58(61-52)46-35-31-42(32-36-46)40-21-10-6-11-22-40/h3-38H,1H2,2H3/b18-4-,44-17+. The van der Waals surface area contributed by atoms with Crippen molar-refractivity contribution in [1.29, 1.82) is 0 Å². The molecular formula is C58H41N3O. The molecule has 294 valence electrons. The first-order valence-electron chi connectivity index (χ1n) is 20.8. The predicted molar refractivity (Wildman–Crippen MR) is 258 cm³/mol. The molecule has 4 nitrogen and oxygen atoms in total. The van der Waals surface area contributed by atoms with Crippen LogP contribution < -0.4 is 0 Å². The van der Waals surface area contributed by atoms with Crippen LogP contribution in [0.5, 0.6) is 0 Å². The fourth-order valence-corrected chi connectivity index (χ4v) is 8.20. The van der Waals surface area contributed by atoms with Gasteiger partial charge in [0.2, 0.25) is 0 Å². The number of fused-ring (bicyclic) bond motifs is 3. The van der Waals surface area contributed by atoms with E-state index in [1.165, 1.54) is 5.56 Å². The highest BCUT2D eigenvalue weighted by Crippen LogP contribution is 2.46. The second-order valence-electron chi connectivity index (χ2n) is 15.1. The van der Waals surface area contributed by atoms with Crippen molar-refractivity contribution < 1.29 is 4.42 Å². The Labute approximate surface area is 361 Å². The van der Waals surface area contributed by atoms with Gasteiger partial charge < -0.3 is 4.42 Å². The monoisotopic (exact) mass is 795 g/mol. The van der Waals surface area contributed by atoms with E-state index < -0.39 is 0 Å². The molecule has 0 aliphatic heterocycles. The predicted octanol–water partition coefficient (Wildman–Crippen LogP) is 15.6. The molecule has 62 heavy (non-hydrogen) atoms. The zero-order valence-corrected chi connectivity index (χ0v) is 34.2. The molecule has 4 heteroatoms. The Hall–Kier alpha value is -8.21. The lowest BCUT2D eigenvalue weighted by Crippen LogP contribution is -1.96.